The first kappa shape index (κ1) is 18.3. The summed E-state index contributed by atoms with van der Waals surface area (Å²) in [6, 6.07) is 7.07. The van der Waals surface area contributed by atoms with Crippen LogP contribution >= 0.6 is 15.9 Å². The summed E-state index contributed by atoms with van der Waals surface area (Å²) in [7, 11) is 0. The number of likely N-dealkylation sites (N-methyl/N-ethyl adjacent to an activating group) is 1. The van der Waals surface area contributed by atoms with Crippen LogP contribution in [0.1, 0.15) is 13.8 Å². The molecule has 1 unspecified atom stereocenters. The number of amides is 1. The lowest BCUT2D eigenvalue weighted by molar-refractivity contribution is -0.124. The molecule has 0 aliphatic rings. The van der Waals surface area contributed by atoms with Gasteiger partial charge >= 0.3 is 0 Å². The SMILES string of the molecule is CCN(C(=O)C(C)Oc1ccc(F)cc1Br)c1ccc(F)c(F)c1. The molecular formula is C17H15BrF3NO2. The minimum Gasteiger partial charge on any atom is -0.480 e. The van der Waals surface area contributed by atoms with Crippen LogP contribution in [0.15, 0.2) is 40.9 Å². The lowest BCUT2D eigenvalue weighted by Crippen LogP contribution is -2.40. The second kappa shape index (κ2) is 7.70. The van der Waals surface area contributed by atoms with E-state index in [0.29, 0.717) is 10.2 Å². The van der Waals surface area contributed by atoms with Crippen molar-refractivity contribution in [2.24, 2.45) is 0 Å². The zero-order valence-corrected chi connectivity index (χ0v) is 14.6. The summed E-state index contributed by atoms with van der Waals surface area (Å²) in [5, 5.41) is 0. The summed E-state index contributed by atoms with van der Waals surface area (Å²) < 4.78 is 45.5. The second-order valence-electron chi connectivity index (χ2n) is 5.02. The lowest BCUT2D eigenvalue weighted by Gasteiger charge is -2.25. The summed E-state index contributed by atoms with van der Waals surface area (Å²) in [5.74, 6) is -2.58. The number of carbonyl (C=O) groups excluding carboxylic acids is 1. The van der Waals surface area contributed by atoms with Gasteiger partial charge in [0.05, 0.1) is 4.47 Å². The zero-order valence-electron chi connectivity index (χ0n) is 13.0. The number of rotatable bonds is 5. The summed E-state index contributed by atoms with van der Waals surface area (Å²) in [4.78, 5) is 13.8. The smallest absolute Gasteiger partial charge is 0.267 e. The van der Waals surface area contributed by atoms with Crippen LogP contribution in [0.5, 0.6) is 5.75 Å². The van der Waals surface area contributed by atoms with Crippen molar-refractivity contribution in [1.82, 2.24) is 0 Å². The predicted molar refractivity (Wildman–Crippen MR) is 88.6 cm³/mol. The van der Waals surface area contributed by atoms with Gasteiger partial charge in [-0.3, -0.25) is 4.79 Å². The summed E-state index contributed by atoms with van der Waals surface area (Å²) >= 11 is 3.16. The van der Waals surface area contributed by atoms with Crippen molar-refractivity contribution in [2.75, 3.05) is 11.4 Å². The van der Waals surface area contributed by atoms with Gasteiger partial charge in [0, 0.05) is 18.3 Å². The molecule has 0 heterocycles. The monoisotopic (exact) mass is 401 g/mol. The second-order valence-corrected chi connectivity index (χ2v) is 5.87. The van der Waals surface area contributed by atoms with Gasteiger partial charge in [0.15, 0.2) is 17.7 Å². The molecule has 0 aliphatic carbocycles. The molecule has 1 atom stereocenters. The van der Waals surface area contributed by atoms with Crippen LogP contribution in [0, 0.1) is 17.5 Å². The maximum absolute atomic E-state index is 13.4. The fraction of sp³-hybridized carbons (Fsp3) is 0.235. The van der Waals surface area contributed by atoms with Crippen molar-refractivity contribution in [2.45, 2.75) is 20.0 Å². The van der Waals surface area contributed by atoms with Gasteiger partial charge in [0.25, 0.3) is 5.91 Å². The van der Waals surface area contributed by atoms with Crippen LogP contribution in [0.2, 0.25) is 0 Å². The highest BCUT2D eigenvalue weighted by atomic mass is 79.9. The highest BCUT2D eigenvalue weighted by Crippen LogP contribution is 2.27. The molecule has 3 nitrogen and oxygen atoms in total. The number of anilines is 1. The minimum atomic E-state index is -1.03. The van der Waals surface area contributed by atoms with E-state index in [0.717, 1.165) is 12.1 Å². The first-order valence-corrected chi connectivity index (χ1v) is 8.01. The van der Waals surface area contributed by atoms with Gasteiger partial charge in [0.2, 0.25) is 0 Å². The van der Waals surface area contributed by atoms with E-state index in [4.69, 9.17) is 4.74 Å². The molecule has 0 N–H and O–H groups in total. The Morgan fingerprint density at radius 1 is 1.17 bits per heavy atom. The molecule has 7 heteroatoms. The summed E-state index contributed by atoms with van der Waals surface area (Å²) in [5.41, 5.74) is 0.232. The van der Waals surface area contributed by atoms with Crippen LogP contribution in [0.25, 0.3) is 0 Å². The minimum absolute atomic E-state index is 0.232. The molecule has 0 aliphatic heterocycles. The number of ether oxygens (including phenoxy) is 1. The van der Waals surface area contributed by atoms with Crippen LogP contribution in [-0.2, 0) is 4.79 Å². The van der Waals surface area contributed by atoms with Gasteiger partial charge in [-0.25, -0.2) is 13.2 Å². The normalized spacial score (nSPS) is 11.9. The van der Waals surface area contributed by atoms with Gasteiger partial charge in [-0.1, -0.05) is 0 Å². The Labute approximate surface area is 146 Å². The van der Waals surface area contributed by atoms with E-state index in [2.05, 4.69) is 15.9 Å². The fourth-order valence-corrected chi connectivity index (χ4v) is 2.59. The van der Waals surface area contributed by atoms with E-state index >= 15 is 0 Å². The number of halogens is 4. The van der Waals surface area contributed by atoms with Crippen molar-refractivity contribution >= 4 is 27.5 Å². The number of nitrogens with zero attached hydrogens (tertiary/aromatic N) is 1. The van der Waals surface area contributed by atoms with E-state index < -0.39 is 29.5 Å². The maximum Gasteiger partial charge on any atom is 0.267 e. The number of benzene rings is 2. The summed E-state index contributed by atoms with van der Waals surface area (Å²) in [6.07, 6.45) is -0.903. The van der Waals surface area contributed by atoms with Crippen molar-refractivity contribution in [3.05, 3.63) is 58.3 Å². The van der Waals surface area contributed by atoms with Crippen molar-refractivity contribution in [3.8, 4) is 5.75 Å². The molecule has 0 aromatic heterocycles. The molecule has 0 saturated carbocycles. The van der Waals surface area contributed by atoms with Crippen LogP contribution < -0.4 is 9.64 Å². The van der Waals surface area contributed by atoms with Gasteiger partial charge in [-0.15, -0.1) is 0 Å². The topological polar surface area (TPSA) is 29.5 Å². The molecular weight excluding hydrogens is 387 g/mol. The Morgan fingerprint density at radius 3 is 2.46 bits per heavy atom. The Hall–Kier alpha value is -2.02. The highest BCUT2D eigenvalue weighted by molar-refractivity contribution is 9.10. The molecule has 24 heavy (non-hydrogen) atoms. The zero-order chi connectivity index (χ0) is 17.9. The van der Waals surface area contributed by atoms with E-state index in [-0.39, 0.29) is 12.2 Å². The Balaban J connectivity index is 2.19. The molecule has 0 radical (unpaired) electrons. The first-order chi connectivity index (χ1) is 11.3. The average molecular weight is 402 g/mol. The quantitative estimate of drug-likeness (QED) is 0.727. The molecule has 0 fully saturated rings. The van der Waals surface area contributed by atoms with Crippen LogP contribution in [0.4, 0.5) is 18.9 Å². The molecule has 2 rings (SSSR count). The average Bonchev–Trinajstić information content (AvgIpc) is 2.54. The van der Waals surface area contributed by atoms with E-state index in [9.17, 15) is 18.0 Å². The van der Waals surface area contributed by atoms with Crippen LogP contribution in [-0.4, -0.2) is 18.6 Å². The predicted octanol–water partition coefficient (Wildman–Crippen LogP) is 4.69. The molecule has 0 spiro atoms. The number of hydrogen-bond acceptors (Lipinski definition) is 2. The van der Waals surface area contributed by atoms with Crippen molar-refractivity contribution in [1.29, 1.82) is 0 Å². The molecule has 2 aromatic carbocycles. The van der Waals surface area contributed by atoms with Crippen molar-refractivity contribution in [3.63, 3.8) is 0 Å². The van der Waals surface area contributed by atoms with E-state index in [1.807, 2.05) is 0 Å². The largest absolute Gasteiger partial charge is 0.480 e. The van der Waals surface area contributed by atoms with Gasteiger partial charge in [0.1, 0.15) is 11.6 Å². The van der Waals surface area contributed by atoms with Crippen molar-refractivity contribution < 1.29 is 22.7 Å². The third-order valence-corrected chi connectivity index (χ3v) is 3.96. The molecule has 1 amide bonds. The third kappa shape index (κ3) is 4.08. The molecule has 128 valence electrons. The molecule has 2 aromatic rings. The number of carbonyl (C=O) groups is 1. The van der Waals surface area contributed by atoms with E-state index in [1.165, 1.54) is 36.1 Å². The van der Waals surface area contributed by atoms with Gasteiger partial charge in [-0.2, -0.15) is 0 Å². The Kier molecular flexibility index (Phi) is 5.88. The molecule has 0 saturated heterocycles. The standard InChI is InChI=1S/C17H15BrF3NO2/c1-3-22(12-5-6-14(20)15(21)9-12)17(23)10(2)24-16-7-4-11(19)8-13(16)18/h4-10H,3H2,1-2H3. The summed E-state index contributed by atoms with van der Waals surface area (Å²) in [6.45, 7) is 3.49. The Bertz CT molecular complexity index is 755. The number of hydrogen-bond donors (Lipinski definition) is 0. The molecule has 0 bridgehead atoms. The first-order valence-electron chi connectivity index (χ1n) is 7.21. The fourth-order valence-electron chi connectivity index (χ4n) is 2.15. The maximum atomic E-state index is 13.4. The van der Waals surface area contributed by atoms with Crippen LogP contribution in [0.3, 0.4) is 0 Å². The van der Waals surface area contributed by atoms with Gasteiger partial charge < -0.3 is 9.64 Å². The highest BCUT2D eigenvalue weighted by Gasteiger charge is 2.24. The van der Waals surface area contributed by atoms with Gasteiger partial charge in [-0.05, 0) is 60.1 Å². The third-order valence-electron chi connectivity index (χ3n) is 3.34. The van der Waals surface area contributed by atoms with E-state index in [1.54, 1.807) is 6.92 Å². The lowest BCUT2D eigenvalue weighted by atomic mass is 10.2. The Morgan fingerprint density at radius 2 is 1.88 bits per heavy atom.